The molecule has 1 N–H and O–H groups in total. The van der Waals surface area contributed by atoms with Crippen LogP contribution in [0.2, 0.25) is 0 Å². The molecule has 2 heterocycles. The van der Waals surface area contributed by atoms with Gasteiger partial charge in [0, 0.05) is 32.2 Å². The minimum absolute atomic E-state index is 0.751. The van der Waals surface area contributed by atoms with E-state index in [1.54, 1.807) is 0 Å². The van der Waals surface area contributed by atoms with Crippen LogP contribution in [0, 0.1) is 0 Å². The number of likely N-dealkylation sites (N-methyl/N-ethyl adjacent to an activating group) is 1. The zero-order valence-electron chi connectivity index (χ0n) is 12.5. The minimum atomic E-state index is 0.751. The van der Waals surface area contributed by atoms with Gasteiger partial charge >= 0.3 is 0 Å². The molecule has 1 saturated carbocycles. The third-order valence-corrected chi connectivity index (χ3v) is 4.21. The molecule has 1 saturated heterocycles. The van der Waals surface area contributed by atoms with Crippen LogP contribution in [0.4, 0.5) is 0 Å². The van der Waals surface area contributed by atoms with Crippen LogP contribution >= 0.6 is 0 Å². The second-order valence-corrected chi connectivity index (χ2v) is 6.21. The van der Waals surface area contributed by atoms with E-state index in [1.807, 2.05) is 0 Å². The Bertz CT molecular complexity index is 430. The van der Waals surface area contributed by atoms with Crippen LogP contribution in [0.15, 0.2) is 18.2 Å². The normalized spacial score (nSPS) is 21.9. The molecule has 0 atom stereocenters. The Morgan fingerprint density at radius 1 is 1.15 bits per heavy atom. The van der Waals surface area contributed by atoms with E-state index in [0.717, 1.165) is 25.7 Å². The van der Waals surface area contributed by atoms with Crippen molar-refractivity contribution in [2.24, 2.45) is 0 Å². The van der Waals surface area contributed by atoms with Crippen LogP contribution in [-0.4, -0.2) is 54.1 Å². The molecule has 0 bridgehead atoms. The fourth-order valence-electron chi connectivity index (χ4n) is 2.74. The first-order chi connectivity index (χ1) is 9.79. The van der Waals surface area contributed by atoms with E-state index in [9.17, 15) is 0 Å². The largest absolute Gasteiger partial charge is 0.308 e. The molecule has 1 aliphatic heterocycles. The van der Waals surface area contributed by atoms with Gasteiger partial charge in [0.25, 0.3) is 0 Å². The summed E-state index contributed by atoms with van der Waals surface area (Å²) in [5.74, 6) is 0. The second-order valence-electron chi connectivity index (χ2n) is 6.21. The van der Waals surface area contributed by atoms with Crippen LogP contribution in [-0.2, 0) is 13.1 Å². The Morgan fingerprint density at radius 2 is 2.00 bits per heavy atom. The van der Waals surface area contributed by atoms with Crippen LogP contribution < -0.4 is 5.32 Å². The molecule has 0 radical (unpaired) electrons. The third kappa shape index (κ3) is 4.27. The molecule has 1 aromatic heterocycles. The van der Waals surface area contributed by atoms with Crippen molar-refractivity contribution in [2.45, 2.75) is 38.4 Å². The van der Waals surface area contributed by atoms with E-state index in [0.29, 0.717) is 0 Å². The highest BCUT2D eigenvalue weighted by Gasteiger charge is 2.20. The minimum Gasteiger partial charge on any atom is -0.308 e. The van der Waals surface area contributed by atoms with Crippen molar-refractivity contribution in [1.29, 1.82) is 0 Å². The highest BCUT2D eigenvalue weighted by atomic mass is 15.2. The van der Waals surface area contributed by atoms with E-state index in [2.05, 4.69) is 40.4 Å². The fraction of sp³-hybridized carbons (Fsp3) is 0.688. The highest BCUT2D eigenvalue weighted by molar-refractivity contribution is 5.11. The van der Waals surface area contributed by atoms with E-state index in [4.69, 9.17) is 4.98 Å². The summed E-state index contributed by atoms with van der Waals surface area (Å²) in [6, 6.07) is 7.20. The zero-order valence-corrected chi connectivity index (χ0v) is 12.5. The molecule has 0 unspecified atom stereocenters. The summed E-state index contributed by atoms with van der Waals surface area (Å²) in [5.41, 5.74) is 2.39. The maximum atomic E-state index is 4.80. The number of hydrogen-bond acceptors (Lipinski definition) is 4. The van der Waals surface area contributed by atoms with Crippen molar-refractivity contribution in [1.82, 2.24) is 20.1 Å². The van der Waals surface area contributed by atoms with Gasteiger partial charge in [-0.1, -0.05) is 6.07 Å². The Kier molecular flexibility index (Phi) is 4.65. The van der Waals surface area contributed by atoms with Crippen LogP contribution in [0.1, 0.15) is 30.7 Å². The van der Waals surface area contributed by atoms with Crippen molar-refractivity contribution in [3.8, 4) is 0 Å². The lowest BCUT2D eigenvalue weighted by Gasteiger charge is -2.19. The summed E-state index contributed by atoms with van der Waals surface area (Å²) in [5, 5.41) is 3.54. The molecule has 2 fully saturated rings. The Balaban J connectivity index is 1.54. The molecule has 2 aliphatic rings. The smallest absolute Gasteiger partial charge is 0.0547 e. The molecule has 4 nitrogen and oxygen atoms in total. The molecule has 1 aliphatic carbocycles. The molecular weight excluding hydrogens is 248 g/mol. The second kappa shape index (κ2) is 6.66. The Morgan fingerprint density at radius 3 is 2.85 bits per heavy atom. The number of pyridine rings is 1. The number of nitrogens with one attached hydrogen (secondary N) is 1. The molecule has 0 aromatic carbocycles. The van der Waals surface area contributed by atoms with Crippen LogP contribution in [0.5, 0.6) is 0 Å². The summed E-state index contributed by atoms with van der Waals surface area (Å²) in [4.78, 5) is 9.75. The van der Waals surface area contributed by atoms with Gasteiger partial charge in [0.1, 0.15) is 0 Å². The van der Waals surface area contributed by atoms with E-state index < -0.39 is 0 Å². The molecular formula is C16H26N4. The van der Waals surface area contributed by atoms with Gasteiger partial charge in [0.15, 0.2) is 0 Å². The summed E-state index contributed by atoms with van der Waals surface area (Å²) in [7, 11) is 2.21. The van der Waals surface area contributed by atoms with Crippen LogP contribution in [0.25, 0.3) is 0 Å². The molecule has 0 amide bonds. The van der Waals surface area contributed by atoms with Gasteiger partial charge in [-0.2, -0.15) is 0 Å². The lowest BCUT2D eigenvalue weighted by atomic mass is 10.2. The summed E-state index contributed by atoms with van der Waals surface area (Å²) >= 11 is 0. The standard InChI is InChI=1S/C16H26N4/c1-19-8-3-9-20(11-10-19)13-16-5-2-4-15(18-16)12-17-14-6-7-14/h2,4-5,14,17H,3,6-13H2,1H3. The first-order valence-corrected chi connectivity index (χ1v) is 7.89. The average molecular weight is 274 g/mol. The number of rotatable bonds is 5. The zero-order chi connectivity index (χ0) is 13.8. The van der Waals surface area contributed by atoms with Crippen molar-refractivity contribution in [2.75, 3.05) is 33.2 Å². The molecule has 20 heavy (non-hydrogen) atoms. The predicted octanol–water partition coefficient (Wildman–Crippen LogP) is 1.47. The van der Waals surface area contributed by atoms with Gasteiger partial charge in [0.2, 0.25) is 0 Å². The maximum absolute atomic E-state index is 4.80. The van der Waals surface area contributed by atoms with Gasteiger partial charge in [-0.15, -0.1) is 0 Å². The lowest BCUT2D eigenvalue weighted by Crippen LogP contribution is -2.29. The lowest BCUT2D eigenvalue weighted by molar-refractivity contribution is 0.266. The third-order valence-electron chi connectivity index (χ3n) is 4.21. The van der Waals surface area contributed by atoms with E-state index in [1.165, 1.54) is 50.3 Å². The predicted molar refractivity (Wildman–Crippen MR) is 81.5 cm³/mol. The summed E-state index contributed by atoms with van der Waals surface area (Å²) in [6.07, 6.45) is 3.93. The first kappa shape index (κ1) is 14.0. The molecule has 110 valence electrons. The Labute approximate surface area is 122 Å². The Hall–Kier alpha value is -0.970. The van der Waals surface area contributed by atoms with Crippen molar-refractivity contribution in [3.63, 3.8) is 0 Å². The average Bonchev–Trinajstić information content (AvgIpc) is 3.27. The highest BCUT2D eigenvalue weighted by Crippen LogP contribution is 2.19. The number of aromatic nitrogens is 1. The number of hydrogen-bond donors (Lipinski definition) is 1. The van der Waals surface area contributed by atoms with E-state index >= 15 is 0 Å². The quantitative estimate of drug-likeness (QED) is 0.881. The topological polar surface area (TPSA) is 31.4 Å². The van der Waals surface area contributed by atoms with Gasteiger partial charge in [-0.3, -0.25) is 9.88 Å². The first-order valence-electron chi connectivity index (χ1n) is 7.89. The molecule has 4 heteroatoms. The van der Waals surface area contributed by atoms with Gasteiger partial charge in [-0.05, 0) is 51.5 Å². The maximum Gasteiger partial charge on any atom is 0.0547 e. The van der Waals surface area contributed by atoms with Gasteiger partial charge in [0.05, 0.1) is 11.4 Å². The van der Waals surface area contributed by atoms with E-state index in [-0.39, 0.29) is 0 Å². The summed E-state index contributed by atoms with van der Waals surface area (Å²) < 4.78 is 0. The molecule has 3 rings (SSSR count). The monoisotopic (exact) mass is 274 g/mol. The van der Waals surface area contributed by atoms with Crippen LogP contribution in [0.3, 0.4) is 0 Å². The molecule has 0 spiro atoms. The SMILES string of the molecule is CN1CCCN(Cc2cccc(CNC3CC3)n2)CC1. The number of nitrogens with zero attached hydrogens (tertiary/aromatic N) is 3. The summed E-state index contributed by atoms with van der Waals surface area (Å²) in [6.45, 7) is 6.64. The van der Waals surface area contributed by atoms with Crippen molar-refractivity contribution in [3.05, 3.63) is 29.6 Å². The fourth-order valence-corrected chi connectivity index (χ4v) is 2.74. The van der Waals surface area contributed by atoms with Gasteiger partial charge < -0.3 is 10.2 Å². The van der Waals surface area contributed by atoms with Crippen molar-refractivity contribution < 1.29 is 0 Å². The van der Waals surface area contributed by atoms with Gasteiger partial charge in [-0.25, -0.2) is 0 Å². The van der Waals surface area contributed by atoms with Crippen molar-refractivity contribution >= 4 is 0 Å². The molecule has 1 aromatic rings.